The lowest BCUT2D eigenvalue weighted by Crippen LogP contribution is -2.02. The normalized spacial score (nSPS) is 18.9. The van der Waals surface area contributed by atoms with Gasteiger partial charge in [-0.05, 0) is 23.3 Å². The number of fused-ring (bicyclic) bond motifs is 1. The van der Waals surface area contributed by atoms with Crippen molar-refractivity contribution in [1.82, 2.24) is 0 Å². The second kappa shape index (κ2) is 4.33. The van der Waals surface area contributed by atoms with Gasteiger partial charge in [0.15, 0.2) is 0 Å². The van der Waals surface area contributed by atoms with Crippen LogP contribution >= 0.6 is 0 Å². The molecule has 0 bridgehead atoms. The van der Waals surface area contributed by atoms with Crippen molar-refractivity contribution < 1.29 is 14.3 Å². The number of esters is 1. The highest BCUT2D eigenvalue weighted by Crippen LogP contribution is 2.39. The van der Waals surface area contributed by atoms with E-state index in [1.807, 2.05) is 30.3 Å². The first kappa shape index (κ1) is 11.1. The van der Waals surface area contributed by atoms with Crippen molar-refractivity contribution in [2.24, 2.45) is 0 Å². The van der Waals surface area contributed by atoms with E-state index < -0.39 is 0 Å². The summed E-state index contributed by atoms with van der Waals surface area (Å²) in [6, 6.07) is 12.0. The van der Waals surface area contributed by atoms with E-state index in [-0.39, 0.29) is 12.1 Å². The minimum atomic E-state index is -0.182. The molecule has 1 aliphatic heterocycles. The average Bonchev–Trinajstić information content (AvgIpc) is 2.83. The van der Waals surface area contributed by atoms with Crippen LogP contribution in [0.1, 0.15) is 24.5 Å². The summed E-state index contributed by atoms with van der Waals surface area (Å²) < 4.78 is 10.8. The van der Waals surface area contributed by atoms with Gasteiger partial charge >= 0.3 is 5.97 Å². The summed E-state index contributed by atoms with van der Waals surface area (Å²) >= 11 is 0. The molecule has 92 valence electrons. The fourth-order valence-corrected chi connectivity index (χ4v) is 2.51. The van der Waals surface area contributed by atoms with Crippen LogP contribution in [0.2, 0.25) is 0 Å². The molecule has 2 aromatic carbocycles. The van der Waals surface area contributed by atoms with E-state index in [4.69, 9.17) is 9.47 Å². The first-order valence-electron chi connectivity index (χ1n) is 6.04. The summed E-state index contributed by atoms with van der Waals surface area (Å²) in [4.78, 5) is 11.3. The van der Waals surface area contributed by atoms with Gasteiger partial charge in [0.1, 0.15) is 11.9 Å². The molecule has 1 aliphatic rings. The summed E-state index contributed by atoms with van der Waals surface area (Å²) in [6.07, 6.45) is 1.03. The largest absolute Gasteiger partial charge is 0.496 e. The van der Waals surface area contributed by atoms with Gasteiger partial charge in [-0.15, -0.1) is 0 Å². The van der Waals surface area contributed by atoms with E-state index in [0.717, 1.165) is 28.5 Å². The number of rotatable bonds is 2. The number of methoxy groups -OCH3 is 1. The van der Waals surface area contributed by atoms with Gasteiger partial charge in [-0.1, -0.05) is 30.3 Å². The van der Waals surface area contributed by atoms with E-state index in [1.54, 1.807) is 7.11 Å². The molecule has 18 heavy (non-hydrogen) atoms. The van der Waals surface area contributed by atoms with Crippen molar-refractivity contribution in [2.45, 2.75) is 18.9 Å². The van der Waals surface area contributed by atoms with Crippen molar-refractivity contribution >= 4 is 16.7 Å². The van der Waals surface area contributed by atoms with Crippen molar-refractivity contribution in [2.75, 3.05) is 7.11 Å². The molecule has 0 radical (unpaired) electrons. The van der Waals surface area contributed by atoms with Crippen LogP contribution in [0, 0.1) is 0 Å². The summed E-state index contributed by atoms with van der Waals surface area (Å²) in [5.74, 6) is 0.656. The maximum Gasteiger partial charge on any atom is 0.306 e. The third-order valence-corrected chi connectivity index (χ3v) is 3.36. The molecule has 3 heteroatoms. The molecule has 1 fully saturated rings. The summed E-state index contributed by atoms with van der Waals surface area (Å²) in [5, 5.41) is 2.23. The van der Waals surface area contributed by atoms with E-state index in [0.29, 0.717) is 6.42 Å². The van der Waals surface area contributed by atoms with Gasteiger partial charge in [0.05, 0.1) is 7.11 Å². The number of carbonyl (C=O) groups is 1. The molecule has 2 aromatic rings. The Labute approximate surface area is 105 Å². The maximum atomic E-state index is 11.3. The molecule has 0 saturated carbocycles. The Bertz CT molecular complexity index is 604. The van der Waals surface area contributed by atoms with Gasteiger partial charge in [-0.3, -0.25) is 4.79 Å². The molecule has 0 amide bonds. The molecule has 0 aromatic heterocycles. The Morgan fingerprint density at radius 3 is 2.78 bits per heavy atom. The summed E-state index contributed by atoms with van der Waals surface area (Å²) in [5.41, 5.74) is 0.987. The molecule has 1 heterocycles. The zero-order valence-corrected chi connectivity index (χ0v) is 10.2. The highest BCUT2D eigenvalue weighted by atomic mass is 16.6. The third kappa shape index (κ3) is 1.72. The van der Waals surface area contributed by atoms with Crippen LogP contribution in [0.3, 0.4) is 0 Å². The molecule has 3 rings (SSSR count). The Balaban J connectivity index is 2.20. The molecule has 1 saturated heterocycles. The van der Waals surface area contributed by atoms with Gasteiger partial charge in [0, 0.05) is 12.0 Å². The van der Waals surface area contributed by atoms with Gasteiger partial charge in [-0.25, -0.2) is 0 Å². The number of hydrogen-bond donors (Lipinski definition) is 0. The fourth-order valence-electron chi connectivity index (χ4n) is 2.51. The zero-order valence-electron chi connectivity index (χ0n) is 10.2. The molecule has 0 spiro atoms. The smallest absolute Gasteiger partial charge is 0.306 e. The first-order valence-corrected chi connectivity index (χ1v) is 6.04. The predicted octanol–water partition coefficient (Wildman–Crippen LogP) is 3.23. The van der Waals surface area contributed by atoms with Crippen LogP contribution in [0.4, 0.5) is 0 Å². The Morgan fingerprint density at radius 2 is 2.06 bits per heavy atom. The monoisotopic (exact) mass is 242 g/mol. The summed E-state index contributed by atoms with van der Waals surface area (Å²) in [7, 11) is 1.64. The van der Waals surface area contributed by atoms with E-state index in [2.05, 4.69) is 6.07 Å². The van der Waals surface area contributed by atoms with Crippen molar-refractivity contribution in [3.8, 4) is 5.75 Å². The van der Waals surface area contributed by atoms with Crippen molar-refractivity contribution in [3.63, 3.8) is 0 Å². The molecule has 0 N–H and O–H groups in total. The second-order valence-electron chi connectivity index (χ2n) is 4.42. The molecule has 1 atom stereocenters. The van der Waals surface area contributed by atoms with Crippen LogP contribution in [0.25, 0.3) is 10.8 Å². The Hall–Kier alpha value is -2.03. The van der Waals surface area contributed by atoms with E-state index >= 15 is 0 Å². The fraction of sp³-hybridized carbons (Fsp3) is 0.267. The second-order valence-corrected chi connectivity index (χ2v) is 4.42. The topological polar surface area (TPSA) is 35.5 Å². The average molecular weight is 242 g/mol. The van der Waals surface area contributed by atoms with Crippen molar-refractivity contribution in [1.29, 1.82) is 0 Å². The molecule has 3 nitrogen and oxygen atoms in total. The minimum Gasteiger partial charge on any atom is -0.496 e. The zero-order chi connectivity index (χ0) is 12.5. The lowest BCUT2D eigenvalue weighted by molar-refractivity contribution is -0.141. The third-order valence-electron chi connectivity index (χ3n) is 3.36. The molecule has 1 unspecified atom stereocenters. The number of hydrogen-bond acceptors (Lipinski definition) is 3. The minimum absolute atomic E-state index is 0.130. The highest BCUT2D eigenvalue weighted by Gasteiger charge is 2.28. The lowest BCUT2D eigenvalue weighted by atomic mass is 9.97. The first-order chi connectivity index (χ1) is 8.79. The predicted molar refractivity (Wildman–Crippen MR) is 68.6 cm³/mol. The Morgan fingerprint density at radius 1 is 1.22 bits per heavy atom. The number of benzene rings is 2. The van der Waals surface area contributed by atoms with Crippen LogP contribution in [-0.4, -0.2) is 13.1 Å². The lowest BCUT2D eigenvalue weighted by Gasteiger charge is -2.16. The van der Waals surface area contributed by atoms with Gasteiger partial charge in [-0.2, -0.15) is 0 Å². The number of ether oxygens (including phenoxy) is 2. The number of carbonyl (C=O) groups excluding carboxylic acids is 1. The Kier molecular flexibility index (Phi) is 2.67. The standard InChI is InChI=1S/C15H14O3/c1-17-12-7-6-10-4-2-3-5-11(10)15(12)13-8-9-14(16)18-13/h2-7,13H,8-9H2,1H3. The SMILES string of the molecule is COc1ccc2ccccc2c1C1CCC(=O)O1. The molecular weight excluding hydrogens is 228 g/mol. The van der Waals surface area contributed by atoms with Crippen LogP contribution in [-0.2, 0) is 9.53 Å². The molecular formula is C15H14O3. The molecule has 0 aliphatic carbocycles. The van der Waals surface area contributed by atoms with Crippen LogP contribution in [0.5, 0.6) is 5.75 Å². The van der Waals surface area contributed by atoms with Crippen LogP contribution in [0.15, 0.2) is 36.4 Å². The number of cyclic esters (lactones) is 1. The van der Waals surface area contributed by atoms with Gasteiger partial charge < -0.3 is 9.47 Å². The van der Waals surface area contributed by atoms with E-state index in [9.17, 15) is 4.79 Å². The maximum absolute atomic E-state index is 11.3. The van der Waals surface area contributed by atoms with Crippen molar-refractivity contribution in [3.05, 3.63) is 42.0 Å². The summed E-state index contributed by atoms with van der Waals surface area (Å²) in [6.45, 7) is 0. The van der Waals surface area contributed by atoms with Gasteiger partial charge in [0.25, 0.3) is 0 Å². The quantitative estimate of drug-likeness (QED) is 0.758. The van der Waals surface area contributed by atoms with E-state index in [1.165, 1.54) is 0 Å². The highest BCUT2D eigenvalue weighted by molar-refractivity contribution is 5.88. The van der Waals surface area contributed by atoms with Gasteiger partial charge in [0.2, 0.25) is 0 Å². The van der Waals surface area contributed by atoms with Crippen LogP contribution < -0.4 is 4.74 Å².